The fourth-order valence-electron chi connectivity index (χ4n) is 2.05. The van der Waals surface area contributed by atoms with Crippen LogP contribution >= 0.6 is 34.8 Å². The van der Waals surface area contributed by atoms with E-state index in [-0.39, 0.29) is 22.2 Å². The van der Waals surface area contributed by atoms with Crippen molar-refractivity contribution in [2.24, 2.45) is 0 Å². The zero-order chi connectivity index (χ0) is 18.6. The van der Waals surface area contributed by atoms with E-state index in [2.05, 4.69) is 5.32 Å². The van der Waals surface area contributed by atoms with E-state index in [1.54, 1.807) is 0 Å². The Balaban J connectivity index is 1.96. The molecule has 7 heteroatoms. The minimum absolute atomic E-state index is 0.0837. The summed E-state index contributed by atoms with van der Waals surface area (Å²) in [6.07, 6.45) is -0.916. The van der Waals surface area contributed by atoms with Crippen LogP contribution in [-0.2, 0) is 20.7 Å². The summed E-state index contributed by atoms with van der Waals surface area (Å²) in [7, 11) is 0. The number of esters is 1. The predicted octanol–water partition coefficient (Wildman–Crippen LogP) is 5.07. The summed E-state index contributed by atoms with van der Waals surface area (Å²) in [5, 5.41) is 3.29. The number of anilines is 1. The van der Waals surface area contributed by atoms with E-state index in [9.17, 15) is 9.59 Å². The number of nitrogens with one attached hydrogen (secondary N) is 1. The first-order valence-electron chi connectivity index (χ1n) is 7.46. The molecule has 0 spiro atoms. The molecule has 0 aliphatic rings. The number of aryl methyl sites for hydroxylation is 1. The van der Waals surface area contributed by atoms with Gasteiger partial charge < -0.3 is 10.1 Å². The number of amides is 1. The molecule has 4 nitrogen and oxygen atoms in total. The SMILES string of the molecule is Cc1ccc(CC(=O)O[C@H](C)C(=O)Nc2c(Cl)cc(Cl)cc2Cl)cc1. The van der Waals surface area contributed by atoms with Crippen LogP contribution in [0.5, 0.6) is 0 Å². The fraction of sp³-hybridized carbons (Fsp3) is 0.222. The Morgan fingerprint density at radius 2 is 1.64 bits per heavy atom. The smallest absolute Gasteiger partial charge is 0.311 e. The summed E-state index contributed by atoms with van der Waals surface area (Å²) >= 11 is 17.9. The van der Waals surface area contributed by atoms with E-state index in [1.165, 1.54) is 19.1 Å². The first-order valence-corrected chi connectivity index (χ1v) is 8.60. The van der Waals surface area contributed by atoms with E-state index in [0.717, 1.165) is 11.1 Å². The van der Waals surface area contributed by atoms with Crippen LogP contribution in [0.4, 0.5) is 5.69 Å². The quantitative estimate of drug-likeness (QED) is 0.713. The number of hydrogen-bond acceptors (Lipinski definition) is 3. The molecule has 0 saturated heterocycles. The van der Waals surface area contributed by atoms with Gasteiger partial charge in [0, 0.05) is 5.02 Å². The molecule has 132 valence electrons. The highest BCUT2D eigenvalue weighted by Crippen LogP contribution is 2.33. The van der Waals surface area contributed by atoms with Gasteiger partial charge in [0.25, 0.3) is 5.91 Å². The van der Waals surface area contributed by atoms with Crippen LogP contribution in [0.1, 0.15) is 18.1 Å². The first kappa shape index (κ1) is 19.6. The third-order valence-electron chi connectivity index (χ3n) is 3.40. The van der Waals surface area contributed by atoms with Crippen molar-refractivity contribution in [3.05, 3.63) is 62.6 Å². The molecule has 0 aliphatic heterocycles. The number of ether oxygens (including phenoxy) is 1. The van der Waals surface area contributed by atoms with E-state index in [1.807, 2.05) is 31.2 Å². The standard InChI is InChI=1S/C18H16Cl3NO3/c1-10-3-5-12(6-4-10)7-16(23)25-11(2)18(24)22-17-14(20)8-13(19)9-15(17)21/h3-6,8-9,11H,7H2,1-2H3,(H,22,24)/t11-/m1/s1. The minimum atomic E-state index is -0.999. The summed E-state index contributed by atoms with van der Waals surface area (Å²) in [6.45, 7) is 3.43. The monoisotopic (exact) mass is 399 g/mol. The minimum Gasteiger partial charge on any atom is -0.452 e. The van der Waals surface area contributed by atoms with E-state index in [0.29, 0.717) is 5.02 Å². The zero-order valence-electron chi connectivity index (χ0n) is 13.6. The van der Waals surface area contributed by atoms with Gasteiger partial charge in [-0.15, -0.1) is 0 Å². The molecule has 0 radical (unpaired) electrons. The lowest BCUT2D eigenvalue weighted by molar-refractivity contribution is -0.152. The maximum atomic E-state index is 12.2. The Bertz CT molecular complexity index is 768. The van der Waals surface area contributed by atoms with Gasteiger partial charge in [0.05, 0.1) is 22.2 Å². The van der Waals surface area contributed by atoms with Crippen molar-refractivity contribution in [2.75, 3.05) is 5.32 Å². The average Bonchev–Trinajstić information content (AvgIpc) is 2.52. The molecular weight excluding hydrogens is 385 g/mol. The van der Waals surface area contributed by atoms with E-state index in [4.69, 9.17) is 39.5 Å². The molecule has 0 aromatic heterocycles. The largest absolute Gasteiger partial charge is 0.452 e. The number of hydrogen-bond donors (Lipinski definition) is 1. The second kappa shape index (κ2) is 8.56. The Hall–Kier alpha value is -1.75. The molecule has 25 heavy (non-hydrogen) atoms. The van der Waals surface area contributed by atoms with Gasteiger partial charge in [-0.1, -0.05) is 64.6 Å². The summed E-state index contributed by atoms with van der Waals surface area (Å²) in [5.41, 5.74) is 2.13. The molecule has 0 heterocycles. The molecule has 1 amide bonds. The lowest BCUT2D eigenvalue weighted by atomic mass is 10.1. The lowest BCUT2D eigenvalue weighted by Gasteiger charge is -2.15. The van der Waals surface area contributed by atoms with Crippen LogP contribution < -0.4 is 5.32 Å². The van der Waals surface area contributed by atoms with Gasteiger partial charge in [-0.2, -0.15) is 0 Å². The van der Waals surface area contributed by atoms with Gasteiger partial charge in [-0.25, -0.2) is 0 Å². The normalized spacial score (nSPS) is 11.7. The maximum absolute atomic E-state index is 12.2. The van der Waals surface area contributed by atoms with Gasteiger partial charge >= 0.3 is 5.97 Å². The summed E-state index contributed by atoms with van der Waals surface area (Å²) in [6, 6.07) is 10.4. The second-order valence-electron chi connectivity index (χ2n) is 5.53. The molecular formula is C18H16Cl3NO3. The van der Waals surface area contributed by atoms with Gasteiger partial charge in [0.15, 0.2) is 6.10 Å². The topological polar surface area (TPSA) is 55.4 Å². The summed E-state index contributed by atoms with van der Waals surface area (Å²) in [5.74, 6) is -1.04. The number of carbonyl (C=O) groups excluding carboxylic acids is 2. The molecule has 2 rings (SSSR count). The van der Waals surface area contributed by atoms with Crippen molar-refractivity contribution in [1.82, 2.24) is 0 Å². The third-order valence-corrected chi connectivity index (χ3v) is 4.22. The van der Waals surface area contributed by atoms with Crippen molar-refractivity contribution in [3.8, 4) is 0 Å². The van der Waals surface area contributed by atoms with Crippen molar-refractivity contribution < 1.29 is 14.3 Å². The maximum Gasteiger partial charge on any atom is 0.311 e. The number of carbonyl (C=O) groups is 2. The molecule has 1 atom stereocenters. The highest BCUT2D eigenvalue weighted by atomic mass is 35.5. The molecule has 0 bridgehead atoms. The molecule has 0 saturated carbocycles. The molecule has 2 aromatic rings. The lowest BCUT2D eigenvalue weighted by Crippen LogP contribution is -2.30. The van der Waals surface area contributed by atoms with Gasteiger partial charge in [0.1, 0.15) is 0 Å². The summed E-state index contributed by atoms with van der Waals surface area (Å²) < 4.78 is 5.16. The third kappa shape index (κ3) is 5.63. The van der Waals surface area contributed by atoms with Crippen LogP contribution in [-0.4, -0.2) is 18.0 Å². The van der Waals surface area contributed by atoms with Crippen LogP contribution in [0, 0.1) is 6.92 Å². The molecule has 0 aliphatic carbocycles. The Labute approximate surface area is 161 Å². The van der Waals surface area contributed by atoms with Crippen molar-refractivity contribution in [3.63, 3.8) is 0 Å². The Kier molecular flexibility index (Phi) is 6.71. The molecule has 2 aromatic carbocycles. The Morgan fingerprint density at radius 1 is 1.08 bits per heavy atom. The zero-order valence-corrected chi connectivity index (χ0v) is 15.9. The van der Waals surface area contributed by atoms with Crippen molar-refractivity contribution >= 4 is 52.4 Å². The second-order valence-corrected chi connectivity index (χ2v) is 6.78. The van der Waals surface area contributed by atoms with Gasteiger partial charge in [-0.3, -0.25) is 9.59 Å². The van der Waals surface area contributed by atoms with Gasteiger partial charge in [0.2, 0.25) is 0 Å². The van der Waals surface area contributed by atoms with Crippen molar-refractivity contribution in [1.29, 1.82) is 0 Å². The number of benzene rings is 2. The average molecular weight is 401 g/mol. The predicted molar refractivity (Wildman–Crippen MR) is 101 cm³/mol. The van der Waals surface area contributed by atoms with E-state index >= 15 is 0 Å². The number of rotatable bonds is 5. The Morgan fingerprint density at radius 3 is 2.20 bits per heavy atom. The molecule has 1 N–H and O–H groups in total. The molecule has 0 unspecified atom stereocenters. The highest BCUT2D eigenvalue weighted by Gasteiger charge is 2.20. The first-order chi connectivity index (χ1) is 11.8. The summed E-state index contributed by atoms with van der Waals surface area (Å²) in [4.78, 5) is 24.2. The number of halogens is 3. The fourth-order valence-corrected chi connectivity index (χ4v) is 2.96. The molecule has 0 fully saturated rings. The van der Waals surface area contributed by atoms with Crippen LogP contribution in [0.3, 0.4) is 0 Å². The van der Waals surface area contributed by atoms with Crippen LogP contribution in [0.25, 0.3) is 0 Å². The van der Waals surface area contributed by atoms with Crippen LogP contribution in [0.15, 0.2) is 36.4 Å². The van der Waals surface area contributed by atoms with Gasteiger partial charge in [-0.05, 0) is 31.5 Å². The van der Waals surface area contributed by atoms with E-state index < -0.39 is 18.0 Å². The van der Waals surface area contributed by atoms with Crippen LogP contribution in [0.2, 0.25) is 15.1 Å². The van der Waals surface area contributed by atoms with Crippen molar-refractivity contribution in [2.45, 2.75) is 26.4 Å². The highest BCUT2D eigenvalue weighted by molar-refractivity contribution is 6.42.